The van der Waals surface area contributed by atoms with Crippen LogP contribution in [0.25, 0.3) is 0 Å². The van der Waals surface area contributed by atoms with Gasteiger partial charge in [-0.1, -0.05) is 0 Å². The molecule has 1 heterocycles. The van der Waals surface area contributed by atoms with Crippen molar-refractivity contribution in [1.82, 2.24) is 10.6 Å². The number of aliphatic hydroxyl groups excluding tert-OH is 1. The Morgan fingerprint density at radius 1 is 1.56 bits per heavy atom. The minimum Gasteiger partial charge on any atom is -0.480 e. The fourth-order valence-corrected chi connectivity index (χ4v) is 1.43. The molecule has 0 aromatic carbocycles. The first-order chi connectivity index (χ1) is 7.54. The van der Waals surface area contributed by atoms with Gasteiger partial charge < -0.3 is 20.8 Å². The van der Waals surface area contributed by atoms with E-state index in [4.69, 9.17) is 10.2 Å². The second-order valence-electron chi connectivity index (χ2n) is 3.62. The van der Waals surface area contributed by atoms with E-state index in [1.807, 2.05) is 0 Å². The zero-order valence-corrected chi connectivity index (χ0v) is 8.60. The Kier molecular flexibility index (Phi) is 4.24. The first kappa shape index (κ1) is 12.4. The van der Waals surface area contributed by atoms with E-state index in [0.29, 0.717) is 6.42 Å². The van der Waals surface area contributed by atoms with Gasteiger partial charge in [-0.15, -0.1) is 0 Å². The molecule has 0 aromatic heterocycles. The second-order valence-corrected chi connectivity index (χ2v) is 3.62. The lowest BCUT2D eigenvalue weighted by Gasteiger charge is -2.23. The van der Waals surface area contributed by atoms with Gasteiger partial charge in [-0.25, -0.2) is 4.79 Å². The average molecular weight is 230 g/mol. The molecule has 4 N–H and O–H groups in total. The summed E-state index contributed by atoms with van der Waals surface area (Å²) in [6.45, 7) is -0.442. The number of nitrogens with one attached hydrogen (secondary N) is 2. The number of rotatable bonds is 4. The van der Waals surface area contributed by atoms with Crippen molar-refractivity contribution < 1.29 is 24.6 Å². The largest absolute Gasteiger partial charge is 0.480 e. The molecule has 7 nitrogen and oxygen atoms in total. The molecule has 1 rings (SSSR count). The van der Waals surface area contributed by atoms with Gasteiger partial charge in [-0.2, -0.15) is 0 Å². The van der Waals surface area contributed by atoms with E-state index in [-0.39, 0.29) is 18.9 Å². The summed E-state index contributed by atoms with van der Waals surface area (Å²) in [5.41, 5.74) is 0. The van der Waals surface area contributed by atoms with Crippen LogP contribution in [0.3, 0.4) is 0 Å². The number of carbonyl (C=O) groups excluding carboxylic acids is 2. The number of carboxylic acid groups (broad SMARTS) is 1. The van der Waals surface area contributed by atoms with Gasteiger partial charge in [0.25, 0.3) is 0 Å². The number of hydrogen-bond donors (Lipinski definition) is 4. The molecule has 1 aliphatic heterocycles. The van der Waals surface area contributed by atoms with E-state index >= 15 is 0 Å². The Morgan fingerprint density at radius 3 is 2.69 bits per heavy atom. The molecule has 1 saturated heterocycles. The van der Waals surface area contributed by atoms with E-state index < -0.39 is 30.4 Å². The molecule has 7 heteroatoms. The number of carboxylic acids is 1. The molecule has 90 valence electrons. The lowest BCUT2D eigenvalue weighted by Crippen LogP contribution is -2.49. The molecular weight excluding hydrogens is 216 g/mol. The van der Waals surface area contributed by atoms with Crippen LogP contribution in [0.5, 0.6) is 0 Å². The highest BCUT2D eigenvalue weighted by Crippen LogP contribution is 2.10. The summed E-state index contributed by atoms with van der Waals surface area (Å²) in [4.78, 5) is 32.9. The number of amides is 2. The lowest BCUT2D eigenvalue weighted by molar-refractivity contribution is -0.144. The minimum absolute atomic E-state index is 0.110. The van der Waals surface area contributed by atoms with Gasteiger partial charge in [0.05, 0.1) is 12.5 Å². The van der Waals surface area contributed by atoms with Crippen LogP contribution in [-0.4, -0.2) is 47.2 Å². The maximum absolute atomic E-state index is 11.5. The van der Waals surface area contributed by atoms with Crippen molar-refractivity contribution in [3.05, 3.63) is 0 Å². The Morgan fingerprint density at radius 2 is 2.25 bits per heavy atom. The third kappa shape index (κ3) is 3.20. The fourth-order valence-electron chi connectivity index (χ4n) is 1.43. The first-order valence-electron chi connectivity index (χ1n) is 4.95. The molecule has 0 aromatic rings. The molecule has 1 unspecified atom stereocenters. The van der Waals surface area contributed by atoms with Crippen LogP contribution in [0.15, 0.2) is 0 Å². The summed E-state index contributed by atoms with van der Waals surface area (Å²) in [6, 6.07) is -1.29. The van der Waals surface area contributed by atoms with Gasteiger partial charge in [-0.05, 0) is 6.42 Å². The number of aliphatic hydroxyl groups is 1. The van der Waals surface area contributed by atoms with E-state index in [2.05, 4.69) is 10.6 Å². The second kappa shape index (κ2) is 5.45. The van der Waals surface area contributed by atoms with Gasteiger partial charge in [-0.3, -0.25) is 9.59 Å². The molecule has 2 atom stereocenters. The van der Waals surface area contributed by atoms with Crippen LogP contribution in [0.2, 0.25) is 0 Å². The summed E-state index contributed by atoms with van der Waals surface area (Å²) in [6.07, 6.45) is 0.657. The summed E-state index contributed by atoms with van der Waals surface area (Å²) in [7, 11) is 0. The smallest absolute Gasteiger partial charge is 0.328 e. The molecule has 16 heavy (non-hydrogen) atoms. The Labute approximate surface area is 91.8 Å². The van der Waals surface area contributed by atoms with Gasteiger partial charge in [0.1, 0.15) is 6.04 Å². The molecule has 0 aliphatic carbocycles. The molecule has 0 saturated carbocycles. The number of piperidine rings is 1. The summed E-state index contributed by atoms with van der Waals surface area (Å²) >= 11 is 0. The highest BCUT2D eigenvalue weighted by molar-refractivity contribution is 5.87. The summed E-state index contributed by atoms with van der Waals surface area (Å²) in [5.74, 6) is -2.27. The van der Waals surface area contributed by atoms with Gasteiger partial charge in [0.15, 0.2) is 0 Å². The molecule has 1 aliphatic rings. The van der Waals surface area contributed by atoms with Gasteiger partial charge >= 0.3 is 5.97 Å². The fraction of sp³-hybridized carbons (Fsp3) is 0.667. The maximum Gasteiger partial charge on any atom is 0.328 e. The predicted molar refractivity (Wildman–Crippen MR) is 52.4 cm³/mol. The predicted octanol–water partition coefficient (Wildman–Crippen LogP) is -1.93. The zero-order valence-electron chi connectivity index (χ0n) is 8.60. The first-order valence-corrected chi connectivity index (χ1v) is 4.95. The van der Waals surface area contributed by atoms with Crippen LogP contribution in [0.1, 0.15) is 12.8 Å². The molecule has 0 bridgehead atoms. The Hall–Kier alpha value is -1.63. The maximum atomic E-state index is 11.5. The lowest BCUT2D eigenvalue weighted by atomic mass is 9.98. The molecule has 1 fully saturated rings. The van der Waals surface area contributed by atoms with Crippen LogP contribution >= 0.6 is 0 Å². The highest BCUT2D eigenvalue weighted by atomic mass is 16.4. The van der Waals surface area contributed by atoms with E-state index in [1.54, 1.807) is 0 Å². The molecule has 2 amide bonds. The van der Waals surface area contributed by atoms with Crippen LogP contribution in [0.4, 0.5) is 0 Å². The van der Waals surface area contributed by atoms with E-state index in [1.165, 1.54) is 0 Å². The van der Waals surface area contributed by atoms with Crippen LogP contribution in [-0.2, 0) is 14.4 Å². The summed E-state index contributed by atoms with van der Waals surface area (Å²) in [5, 5.41) is 22.1. The number of carbonyl (C=O) groups is 3. The van der Waals surface area contributed by atoms with Gasteiger partial charge in [0, 0.05) is 13.0 Å². The topological polar surface area (TPSA) is 116 Å². The van der Waals surface area contributed by atoms with E-state index in [0.717, 1.165) is 0 Å². The van der Waals surface area contributed by atoms with Crippen molar-refractivity contribution >= 4 is 17.8 Å². The third-order valence-corrected chi connectivity index (χ3v) is 2.43. The van der Waals surface area contributed by atoms with Crippen LogP contribution in [0, 0.1) is 5.92 Å². The van der Waals surface area contributed by atoms with E-state index in [9.17, 15) is 14.4 Å². The average Bonchev–Trinajstić information content (AvgIpc) is 2.26. The Balaban J connectivity index is 2.45. The van der Waals surface area contributed by atoms with Crippen LogP contribution < -0.4 is 10.6 Å². The van der Waals surface area contributed by atoms with Crippen molar-refractivity contribution in [2.75, 3.05) is 13.2 Å². The Bertz CT molecular complexity index is 294. The molecular formula is C9H14N2O5. The molecule has 0 radical (unpaired) electrons. The standard InChI is InChI=1S/C9H14N2O5/c12-4-6(9(15)16)11-8(14)5-1-2-7(13)10-3-5/h5-6,12H,1-4H2,(H,10,13)(H,11,14)(H,15,16)/t5?,6-/m1/s1. The monoisotopic (exact) mass is 230 g/mol. The van der Waals surface area contributed by atoms with Crippen molar-refractivity contribution in [2.24, 2.45) is 5.92 Å². The molecule has 0 spiro atoms. The van der Waals surface area contributed by atoms with Gasteiger partial charge in [0.2, 0.25) is 11.8 Å². The number of aliphatic carboxylic acids is 1. The SMILES string of the molecule is O=C1CCC(C(=O)N[C@H](CO)C(=O)O)CN1. The zero-order chi connectivity index (χ0) is 12.1. The normalized spacial score (nSPS) is 22.1. The van der Waals surface area contributed by atoms with Crippen molar-refractivity contribution in [2.45, 2.75) is 18.9 Å². The summed E-state index contributed by atoms with van der Waals surface area (Å²) < 4.78 is 0. The minimum atomic E-state index is -1.29. The van der Waals surface area contributed by atoms with Crippen molar-refractivity contribution in [3.63, 3.8) is 0 Å². The number of hydrogen-bond acceptors (Lipinski definition) is 4. The third-order valence-electron chi connectivity index (χ3n) is 2.43. The van der Waals surface area contributed by atoms with Crippen molar-refractivity contribution in [3.8, 4) is 0 Å². The highest BCUT2D eigenvalue weighted by Gasteiger charge is 2.27. The van der Waals surface area contributed by atoms with Crippen molar-refractivity contribution in [1.29, 1.82) is 0 Å². The quantitative estimate of drug-likeness (QED) is 0.449.